The number of allylic oxidation sites excluding steroid dienone is 4. The molecule has 0 radical (unpaired) electrons. The molecule has 0 saturated heterocycles. The summed E-state index contributed by atoms with van der Waals surface area (Å²) in [6.45, 7) is 16.1. The molecule has 0 fully saturated rings. The maximum Gasteiger partial charge on any atom is 0.409 e. The molecule has 23 heavy (non-hydrogen) atoms. The van der Waals surface area contributed by atoms with E-state index in [9.17, 15) is 4.79 Å². The van der Waals surface area contributed by atoms with Crippen LogP contribution in [0, 0.1) is 0 Å². The van der Waals surface area contributed by atoms with Crippen molar-refractivity contribution < 1.29 is 9.53 Å². The molecule has 0 heterocycles. The first-order chi connectivity index (χ1) is 11.0. The molecule has 1 atom stereocenters. The molecular formula is C20H33NO2. The summed E-state index contributed by atoms with van der Waals surface area (Å²) in [5, 5.41) is 0. The summed E-state index contributed by atoms with van der Waals surface area (Å²) in [5.41, 5.74) is 2.26. The van der Waals surface area contributed by atoms with Gasteiger partial charge in [0.05, 0.1) is 12.6 Å². The Hall–Kier alpha value is -1.77. The van der Waals surface area contributed by atoms with Crippen LogP contribution in [0.15, 0.2) is 49.1 Å². The molecule has 0 bridgehead atoms. The van der Waals surface area contributed by atoms with Crippen molar-refractivity contribution in [3.8, 4) is 0 Å². The number of likely N-dealkylation sites (N-methyl/N-ethyl adjacent to an activating group) is 1. The molecule has 3 nitrogen and oxygen atoms in total. The van der Waals surface area contributed by atoms with Gasteiger partial charge in [-0.25, -0.2) is 4.79 Å². The van der Waals surface area contributed by atoms with Gasteiger partial charge in [-0.05, 0) is 44.6 Å². The summed E-state index contributed by atoms with van der Waals surface area (Å²) < 4.78 is 5.33. The van der Waals surface area contributed by atoms with Crippen molar-refractivity contribution in [3.63, 3.8) is 0 Å². The Morgan fingerprint density at radius 3 is 2.48 bits per heavy atom. The van der Waals surface area contributed by atoms with E-state index >= 15 is 0 Å². The highest BCUT2D eigenvalue weighted by atomic mass is 16.6. The standard InChI is InChI=1S/C20H33NO2/c1-7-13-17(4)18(5)21(6)20(22)23-16-12-10-11-15-19(9-3)14-8-2/h8-9,14,18H,2-4,7,10-13,15-16H2,1,5-6H3/b19-14+. The second-order valence-corrected chi connectivity index (χ2v) is 5.80. The fourth-order valence-electron chi connectivity index (χ4n) is 2.24. The number of carbonyl (C=O) groups excluding carboxylic acids is 1. The summed E-state index contributed by atoms with van der Waals surface area (Å²) in [7, 11) is 1.77. The van der Waals surface area contributed by atoms with Crippen LogP contribution in [-0.2, 0) is 4.74 Å². The van der Waals surface area contributed by atoms with Crippen LogP contribution in [0.25, 0.3) is 0 Å². The molecule has 0 rings (SSSR count). The summed E-state index contributed by atoms with van der Waals surface area (Å²) in [6, 6.07) is 0.0154. The topological polar surface area (TPSA) is 29.5 Å². The SMILES string of the molecule is C=C/C=C(\C=C)CCCCCOC(=O)N(C)C(C)C(=C)CCC. The lowest BCUT2D eigenvalue weighted by atomic mass is 10.1. The van der Waals surface area contributed by atoms with E-state index in [4.69, 9.17) is 4.74 Å². The molecule has 1 amide bonds. The van der Waals surface area contributed by atoms with Crippen molar-refractivity contribution >= 4 is 6.09 Å². The first-order valence-corrected chi connectivity index (χ1v) is 8.49. The summed E-state index contributed by atoms with van der Waals surface area (Å²) in [6.07, 6.45) is 11.3. The predicted octanol–water partition coefficient (Wildman–Crippen LogP) is 5.66. The zero-order valence-electron chi connectivity index (χ0n) is 15.1. The summed E-state index contributed by atoms with van der Waals surface area (Å²) in [4.78, 5) is 13.6. The Kier molecular flexibility index (Phi) is 11.8. The van der Waals surface area contributed by atoms with E-state index in [2.05, 4.69) is 26.7 Å². The number of carbonyl (C=O) groups is 1. The van der Waals surface area contributed by atoms with E-state index in [1.165, 1.54) is 5.57 Å². The van der Waals surface area contributed by atoms with Crippen LogP contribution in [0.2, 0.25) is 0 Å². The van der Waals surface area contributed by atoms with Crippen molar-refractivity contribution in [1.82, 2.24) is 4.90 Å². The lowest BCUT2D eigenvalue weighted by Gasteiger charge is -2.26. The highest BCUT2D eigenvalue weighted by molar-refractivity contribution is 5.68. The van der Waals surface area contributed by atoms with Crippen LogP contribution in [0.1, 0.15) is 52.4 Å². The number of hydrogen-bond acceptors (Lipinski definition) is 2. The normalized spacial score (nSPS) is 12.4. The predicted molar refractivity (Wildman–Crippen MR) is 99.6 cm³/mol. The molecular weight excluding hydrogens is 286 g/mol. The van der Waals surface area contributed by atoms with Crippen LogP contribution in [0.3, 0.4) is 0 Å². The molecule has 0 spiro atoms. The Morgan fingerprint density at radius 2 is 1.91 bits per heavy atom. The minimum atomic E-state index is -0.270. The third-order valence-corrected chi connectivity index (χ3v) is 3.96. The highest BCUT2D eigenvalue weighted by Crippen LogP contribution is 2.14. The molecule has 0 aliphatic carbocycles. The number of unbranched alkanes of at least 4 members (excludes halogenated alkanes) is 2. The van der Waals surface area contributed by atoms with Gasteiger partial charge in [0.1, 0.15) is 0 Å². The van der Waals surface area contributed by atoms with Gasteiger partial charge in [-0.3, -0.25) is 0 Å². The molecule has 0 aliphatic rings. The van der Waals surface area contributed by atoms with Crippen molar-refractivity contribution in [2.75, 3.05) is 13.7 Å². The van der Waals surface area contributed by atoms with Gasteiger partial charge in [0.25, 0.3) is 0 Å². The van der Waals surface area contributed by atoms with Crippen LogP contribution in [0.4, 0.5) is 4.79 Å². The summed E-state index contributed by atoms with van der Waals surface area (Å²) >= 11 is 0. The molecule has 0 N–H and O–H groups in total. The van der Waals surface area contributed by atoms with Gasteiger partial charge < -0.3 is 9.64 Å². The molecule has 0 aromatic rings. The van der Waals surface area contributed by atoms with Gasteiger partial charge in [-0.15, -0.1) is 0 Å². The number of amides is 1. The molecule has 0 aromatic heterocycles. The van der Waals surface area contributed by atoms with Gasteiger partial charge in [0.2, 0.25) is 0 Å². The van der Waals surface area contributed by atoms with Gasteiger partial charge in [0.15, 0.2) is 0 Å². The van der Waals surface area contributed by atoms with Crippen molar-refractivity contribution in [1.29, 1.82) is 0 Å². The quantitative estimate of drug-likeness (QED) is 0.264. The molecule has 1 unspecified atom stereocenters. The zero-order chi connectivity index (χ0) is 17.7. The van der Waals surface area contributed by atoms with Gasteiger partial charge in [-0.2, -0.15) is 0 Å². The van der Waals surface area contributed by atoms with Gasteiger partial charge >= 0.3 is 6.09 Å². The van der Waals surface area contributed by atoms with Crippen LogP contribution >= 0.6 is 0 Å². The lowest BCUT2D eigenvalue weighted by molar-refractivity contribution is 0.102. The fraction of sp³-hybridized carbons (Fsp3) is 0.550. The number of rotatable bonds is 12. The second kappa shape index (κ2) is 12.7. The first-order valence-electron chi connectivity index (χ1n) is 8.49. The van der Waals surface area contributed by atoms with E-state index < -0.39 is 0 Å². The third-order valence-electron chi connectivity index (χ3n) is 3.96. The number of nitrogens with zero attached hydrogens (tertiary/aromatic N) is 1. The smallest absolute Gasteiger partial charge is 0.409 e. The van der Waals surface area contributed by atoms with Crippen molar-refractivity contribution in [2.45, 2.75) is 58.4 Å². The van der Waals surface area contributed by atoms with Gasteiger partial charge in [0, 0.05) is 7.05 Å². The fourth-order valence-corrected chi connectivity index (χ4v) is 2.24. The molecule has 3 heteroatoms. The first kappa shape index (κ1) is 21.2. The highest BCUT2D eigenvalue weighted by Gasteiger charge is 2.18. The molecule has 0 aromatic carbocycles. The average Bonchev–Trinajstić information content (AvgIpc) is 2.55. The van der Waals surface area contributed by atoms with Crippen molar-refractivity contribution in [2.24, 2.45) is 0 Å². The van der Waals surface area contributed by atoms with Gasteiger partial charge in [-0.1, -0.05) is 56.9 Å². The maximum atomic E-state index is 12.0. The van der Waals surface area contributed by atoms with Crippen LogP contribution < -0.4 is 0 Å². The third kappa shape index (κ3) is 9.07. The summed E-state index contributed by atoms with van der Waals surface area (Å²) in [5.74, 6) is 0. The number of ether oxygens (including phenoxy) is 1. The van der Waals surface area contributed by atoms with Crippen LogP contribution in [0.5, 0.6) is 0 Å². The van der Waals surface area contributed by atoms with E-state index in [0.717, 1.165) is 44.1 Å². The molecule has 0 saturated carbocycles. The Labute approximate surface area is 142 Å². The Morgan fingerprint density at radius 1 is 1.22 bits per heavy atom. The minimum Gasteiger partial charge on any atom is -0.449 e. The minimum absolute atomic E-state index is 0.0154. The Bertz CT molecular complexity index is 423. The van der Waals surface area contributed by atoms with E-state index in [-0.39, 0.29) is 12.1 Å². The molecule has 0 aliphatic heterocycles. The Balaban J connectivity index is 3.94. The lowest BCUT2D eigenvalue weighted by Crippen LogP contribution is -2.36. The second-order valence-electron chi connectivity index (χ2n) is 5.80. The monoisotopic (exact) mass is 319 g/mol. The van der Waals surface area contributed by atoms with E-state index in [0.29, 0.717) is 6.61 Å². The van der Waals surface area contributed by atoms with Crippen LogP contribution in [-0.4, -0.2) is 30.7 Å². The average molecular weight is 319 g/mol. The maximum absolute atomic E-state index is 12.0. The number of hydrogen-bond donors (Lipinski definition) is 0. The van der Waals surface area contributed by atoms with E-state index in [1.54, 1.807) is 18.0 Å². The molecule has 130 valence electrons. The van der Waals surface area contributed by atoms with Crippen molar-refractivity contribution in [3.05, 3.63) is 49.1 Å². The zero-order valence-corrected chi connectivity index (χ0v) is 15.1. The van der Waals surface area contributed by atoms with E-state index in [1.807, 2.05) is 19.1 Å². The largest absolute Gasteiger partial charge is 0.449 e.